The molecule has 0 bridgehead atoms. The summed E-state index contributed by atoms with van der Waals surface area (Å²) in [5.41, 5.74) is 4.36. The lowest BCUT2D eigenvalue weighted by Crippen LogP contribution is -2.00. The Bertz CT molecular complexity index is 561. The van der Waals surface area contributed by atoms with Crippen LogP contribution >= 0.6 is 0 Å². The first-order valence-electron chi connectivity index (χ1n) is 6.47. The summed E-state index contributed by atoms with van der Waals surface area (Å²) in [6, 6.07) is 7.85. The van der Waals surface area contributed by atoms with Crippen LogP contribution in [0.4, 0.5) is 0 Å². The highest BCUT2D eigenvalue weighted by Crippen LogP contribution is 2.22. The fourth-order valence-electron chi connectivity index (χ4n) is 2.29. The molecule has 0 aliphatic heterocycles. The molecule has 2 aromatic rings. The summed E-state index contributed by atoms with van der Waals surface area (Å²) in [4.78, 5) is 0. The van der Waals surface area contributed by atoms with E-state index in [1.807, 2.05) is 35.9 Å². The molecule has 0 fully saturated rings. The van der Waals surface area contributed by atoms with Gasteiger partial charge in [0.05, 0.1) is 18.5 Å². The fraction of sp³-hybridized carbons (Fsp3) is 0.400. The second-order valence-corrected chi connectivity index (χ2v) is 4.59. The van der Waals surface area contributed by atoms with Gasteiger partial charge in [-0.2, -0.15) is 5.10 Å². The number of aliphatic hydroxyl groups is 1. The normalized spacial score (nSPS) is 10.7. The first-order valence-corrected chi connectivity index (χ1v) is 6.47. The highest BCUT2D eigenvalue weighted by atomic mass is 16.5. The number of hydrogen-bond donors (Lipinski definition) is 1. The minimum absolute atomic E-state index is 0.212. The summed E-state index contributed by atoms with van der Waals surface area (Å²) in [5, 5.41) is 13.5. The maximum atomic E-state index is 8.96. The molecule has 19 heavy (non-hydrogen) atoms. The average Bonchev–Trinajstić information content (AvgIpc) is 2.72. The number of benzene rings is 1. The molecule has 4 heteroatoms. The quantitative estimate of drug-likeness (QED) is 0.898. The molecule has 0 spiro atoms. The van der Waals surface area contributed by atoms with Gasteiger partial charge in [-0.05, 0) is 44.4 Å². The average molecular weight is 260 g/mol. The van der Waals surface area contributed by atoms with Crippen molar-refractivity contribution in [1.29, 1.82) is 0 Å². The van der Waals surface area contributed by atoms with Gasteiger partial charge in [0.1, 0.15) is 5.75 Å². The minimum Gasteiger partial charge on any atom is -0.497 e. The predicted octanol–water partition coefficient (Wildman–Crippen LogP) is 2.42. The van der Waals surface area contributed by atoms with E-state index in [1.54, 1.807) is 7.11 Å². The third-order valence-corrected chi connectivity index (χ3v) is 3.32. The van der Waals surface area contributed by atoms with Crippen LogP contribution in [0.5, 0.6) is 5.75 Å². The molecule has 0 aliphatic rings. The second-order valence-electron chi connectivity index (χ2n) is 4.59. The van der Waals surface area contributed by atoms with Gasteiger partial charge < -0.3 is 9.84 Å². The summed E-state index contributed by atoms with van der Waals surface area (Å²) >= 11 is 0. The Morgan fingerprint density at radius 1 is 1.32 bits per heavy atom. The van der Waals surface area contributed by atoms with Crippen LogP contribution in [0.1, 0.15) is 23.4 Å². The van der Waals surface area contributed by atoms with Crippen molar-refractivity contribution < 1.29 is 9.84 Å². The van der Waals surface area contributed by atoms with E-state index in [1.165, 1.54) is 5.56 Å². The van der Waals surface area contributed by atoms with Crippen molar-refractivity contribution in [3.63, 3.8) is 0 Å². The molecule has 1 heterocycles. The van der Waals surface area contributed by atoms with E-state index in [0.717, 1.165) is 35.7 Å². The Morgan fingerprint density at radius 3 is 2.79 bits per heavy atom. The maximum absolute atomic E-state index is 8.96. The van der Waals surface area contributed by atoms with Gasteiger partial charge in [-0.1, -0.05) is 6.07 Å². The predicted molar refractivity (Wildman–Crippen MR) is 75.0 cm³/mol. The number of aryl methyl sites for hydroxylation is 1. The van der Waals surface area contributed by atoms with Crippen molar-refractivity contribution in [2.24, 2.45) is 0 Å². The van der Waals surface area contributed by atoms with E-state index >= 15 is 0 Å². The van der Waals surface area contributed by atoms with Crippen molar-refractivity contribution in [3.05, 3.63) is 41.2 Å². The molecule has 2 rings (SSSR count). The van der Waals surface area contributed by atoms with Crippen LogP contribution in [0.25, 0.3) is 5.69 Å². The molecule has 0 radical (unpaired) electrons. The largest absolute Gasteiger partial charge is 0.497 e. The molecule has 1 aromatic heterocycles. The summed E-state index contributed by atoms with van der Waals surface area (Å²) in [6.45, 7) is 4.28. The fourth-order valence-corrected chi connectivity index (χ4v) is 2.29. The van der Waals surface area contributed by atoms with Gasteiger partial charge in [-0.15, -0.1) is 0 Å². The topological polar surface area (TPSA) is 47.3 Å². The molecule has 0 saturated heterocycles. The molecule has 1 N–H and O–H groups in total. The van der Waals surface area contributed by atoms with E-state index < -0.39 is 0 Å². The van der Waals surface area contributed by atoms with Crippen molar-refractivity contribution in [3.8, 4) is 11.4 Å². The summed E-state index contributed by atoms with van der Waals surface area (Å²) in [6.07, 6.45) is 1.63. The molecule has 0 aliphatic carbocycles. The Balaban J connectivity index is 2.39. The minimum atomic E-state index is 0.212. The Hall–Kier alpha value is -1.81. The zero-order valence-corrected chi connectivity index (χ0v) is 11.7. The molecule has 102 valence electrons. The van der Waals surface area contributed by atoms with E-state index in [2.05, 4.69) is 12.0 Å². The lowest BCUT2D eigenvalue weighted by atomic mass is 10.1. The number of ether oxygens (including phenoxy) is 1. The van der Waals surface area contributed by atoms with Crippen LogP contribution in [0.3, 0.4) is 0 Å². The first kappa shape index (κ1) is 13.6. The SMILES string of the molecule is COc1cccc(-n2nc(C)c(CCCO)c2C)c1. The Labute approximate surface area is 113 Å². The number of aliphatic hydroxyl groups excluding tert-OH is 1. The molecule has 0 amide bonds. The molecular weight excluding hydrogens is 240 g/mol. The molecule has 0 saturated carbocycles. The molecule has 0 atom stereocenters. The standard InChI is InChI=1S/C15H20N2O2/c1-11-15(8-5-9-18)12(2)17(16-11)13-6-4-7-14(10-13)19-3/h4,6-7,10,18H,5,8-9H2,1-3H3. The summed E-state index contributed by atoms with van der Waals surface area (Å²) in [5.74, 6) is 0.821. The third-order valence-electron chi connectivity index (χ3n) is 3.32. The van der Waals surface area contributed by atoms with Gasteiger partial charge in [0, 0.05) is 18.4 Å². The van der Waals surface area contributed by atoms with Crippen molar-refractivity contribution >= 4 is 0 Å². The zero-order valence-electron chi connectivity index (χ0n) is 11.7. The van der Waals surface area contributed by atoms with Gasteiger partial charge in [0.25, 0.3) is 0 Å². The molecule has 1 aromatic carbocycles. The van der Waals surface area contributed by atoms with Gasteiger partial charge in [0.15, 0.2) is 0 Å². The third kappa shape index (κ3) is 2.79. The summed E-state index contributed by atoms with van der Waals surface area (Å²) < 4.78 is 7.18. The number of hydrogen-bond acceptors (Lipinski definition) is 3. The number of aromatic nitrogens is 2. The van der Waals surface area contributed by atoms with Crippen molar-refractivity contribution in [2.45, 2.75) is 26.7 Å². The Morgan fingerprint density at radius 2 is 2.11 bits per heavy atom. The van der Waals surface area contributed by atoms with Gasteiger partial charge >= 0.3 is 0 Å². The molecular formula is C15H20N2O2. The first-order chi connectivity index (χ1) is 9.17. The van der Waals surface area contributed by atoms with Crippen LogP contribution < -0.4 is 4.74 Å². The van der Waals surface area contributed by atoms with E-state index in [0.29, 0.717) is 0 Å². The van der Waals surface area contributed by atoms with Crippen LogP contribution in [0.2, 0.25) is 0 Å². The second kappa shape index (κ2) is 5.89. The van der Waals surface area contributed by atoms with Gasteiger partial charge in [0.2, 0.25) is 0 Å². The lowest BCUT2D eigenvalue weighted by Gasteiger charge is -2.07. The van der Waals surface area contributed by atoms with E-state index in [-0.39, 0.29) is 6.61 Å². The van der Waals surface area contributed by atoms with Crippen molar-refractivity contribution in [2.75, 3.05) is 13.7 Å². The highest BCUT2D eigenvalue weighted by molar-refractivity contribution is 5.41. The van der Waals surface area contributed by atoms with Crippen LogP contribution in [0.15, 0.2) is 24.3 Å². The van der Waals surface area contributed by atoms with Crippen molar-refractivity contribution in [1.82, 2.24) is 9.78 Å². The van der Waals surface area contributed by atoms with Crippen LogP contribution in [0, 0.1) is 13.8 Å². The van der Waals surface area contributed by atoms with Crippen LogP contribution in [-0.2, 0) is 6.42 Å². The molecule has 0 unspecified atom stereocenters. The Kier molecular flexibility index (Phi) is 4.22. The highest BCUT2D eigenvalue weighted by Gasteiger charge is 2.12. The van der Waals surface area contributed by atoms with Gasteiger partial charge in [-0.25, -0.2) is 4.68 Å². The number of methoxy groups -OCH3 is 1. The monoisotopic (exact) mass is 260 g/mol. The van der Waals surface area contributed by atoms with Crippen LogP contribution in [-0.4, -0.2) is 28.6 Å². The summed E-state index contributed by atoms with van der Waals surface area (Å²) in [7, 11) is 1.66. The van der Waals surface area contributed by atoms with Gasteiger partial charge in [-0.3, -0.25) is 0 Å². The number of nitrogens with zero attached hydrogens (tertiary/aromatic N) is 2. The molecule has 4 nitrogen and oxygen atoms in total. The van der Waals surface area contributed by atoms with E-state index in [9.17, 15) is 0 Å². The smallest absolute Gasteiger partial charge is 0.121 e. The lowest BCUT2D eigenvalue weighted by molar-refractivity contribution is 0.288. The zero-order chi connectivity index (χ0) is 13.8. The maximum Gasteiger partial charge on any atom is 0.121 e. The number of rotatable bonds is 5. The van der Waals surface area contributed by atoms with E-state index in [4.69, 9.17) is 9.84 Å².